The molecule has 0 radical (unpaired) electrons. The van der Waals surface area contributed by atoms with E-state index >= 15 is 0 Å². The second-order valence-corrected chi connectivity index (χ2v) is 7.97. The van der Waals surface area contributed by atoms with Gasteiger partial charge in [0.05, 0.1) is 0 Å². The molecule has 0 aromatic rings. The minimum absolute atomic E-state index is 0.135. The highest BCUT2D eigenvalue weighted by molar-refractivity contribution is 7.70. The first kappa shape index (κ1) is 17.6. The predicted molar refractivity (Wildman–Crippen MR) is 62.0 cm³/mol. The number of Topliss-reactive ketones (excluding diaryl/α,β-unsaturated/α-hetero) is 2. The van der Waals surface area contributed by atoms with Crippen LogP contribution >= 0.6 is 15.2 Å². The third kappa shape index (κ3) is 7.16. The summed E-state index contributed by atoms with van der Waals surface area (Å²) >= 11 is 0. The molecule has 0 saturated heterocycles. The maximum atomic E-state index is 11.3. The molecule has 0 spiro atoms. The Kier molecular flexibility index (Phi) is 6.57. The van der Waals surface area contributed by atoms with Gasteiger partial charge in [-0.25, -0.2) is 0 Å². The molecule has 0 atom stereocenters. The van der Waals surface area contributed by atoms with Crippen molar-refractivity contribution in [2.24, 2.45) is 0 Å². The molecule has 0 aliphatic carbocycles. The quantitative estimate of drug-likeness (QED) is 0.470. The van der Waals surface area contributed by atoms with E-state index < -0.39 is 32.8 Å². The zero-order valence-corrected chi connectivity index (χ0v) is 11.5. The van der Waals surface area contributed by atoms with Gasteiger partial charge in [0.25, 0.3) is 0 Å². The van der Waals surface area contributed by atoms with Gasteiger partial charge in [-0.3, -0.25) is 13.9 Å². The molecule has 106 valence electrons. The molecule has 18 heavy (non-hydrogen) atoms. The maximum Gasteiger partial charge on any atom is 0.341 e. The first-order chi connectivity index (χ1) is 7.94. The molecule has 0 saturated carbocycles. The Hall–Kier alpha value is -0.360. The number of carbonyl (C=O) groups is 2. The van der Waals surface area contributed by atoms with Crippen molar-refractivity contribution in [3.05, 3.63) is 0 Å². The van der Waals surface area contributed by atoms with Crippen LogP contribution in [0.1, 0.15) is 32.6 Å². The lowest BCUT2D eigenvalue weighted by atomic mass is 10.1. The fraction of sp³-hybridized carbons (Fsp3) is 0.750. The van der Waals surface area contributed by atoms with Crippen LogP contribution in [0.4, 0.5) is 0 Å². The molecule has 4 N–H and O–H groups in total. The van der Waals surface area contributed by atoms with E-state index in [2.05, 4.69) is 0 Å². The van der Waals surface area contributed by atoms with Crippen molar-refractivity contribution in [2.75, 3.05) is 0 Å². The van der Waals surface area contributed by atoms with Crippen molar-refractivity contribution >= 4 is 26.8 Å². The zero-order valence-electron chi connectivity index (χ0n) is 9.72. The minimum Gasteiger partial charge on any atom is -0.324 e. The third-order valence-electron chi connectivity index (χ3n) is 2.17. The number of ketones is 2. The Bertz CT molecular complexity index is 383. The Morgan fingerprint density at radius 2 is 1.44 bits per heavy atom. The largest absolute Gasteiger partial charge is 0.341 e. The van der Waals surface area contributed by atoms with Gasteiger partial charge in [0.2, 0.25) is 0 Å². The van der Waals surface area contributed by atoms with Crippen LogP contribution in [0, 0.1) is 0 Å². The highest BCUT2D eigenvalue weighted by Gasteiger charge is 2.44. The average molecular weight is 302 g/mol. The highest BCUT2D eigenvalue weighted by Crippen LogP contribution is 2.61. The van der Waals surface area contributed by atoms with E-state index in [1.165, 1.54) is 6.92 Å². The van der Waals surface area contributed by atoms with Crippen molar-refractivity contribution in [3.63, 3.8) is 0 Å². The van der Waals surface area contributed by atoms with E-state index in [4.69, 9.17) is 19.6 Å². The molecular weight excluding hydrogens is 286 g/mol. The predicted octanol–water partition coefficient (Wildman–Crippen LogP) is 0.386. The van der Waals surface area contributed by atoms with Gasteiger partial charge in [0, 0.05) is 19.3 Å². The smallest absolute Gasteiger partial charge is 0.324 e. The Balaban J connectivity index is 4.53. The maximum absolute atomic E-state index is 11.3. The lowest BCUT2D eigenvalue weighted by Crippen LogP contribution is -2.15. The molecule has 10 heteroatoms. The van der Waals surface area contributed by atoms with Gasteiger partial charge in [0.1, 0.15) is 11.6 Å². The molecule has 8 nitrogen and oxygen atoms in total. The summed E-state index contributed by atoms with van der Waals surface area (Å²) in [6, 6.07) is 0. The topological polar surface area (TPSA) is 149 Å². The van der Waals surface area contributed by atoms with E-state index in [0.29, 0.717) is 0 Å². The highest BCUT2D eigenvalue weighted by atomic mass is 31.2. The van der Waals surface area contributed by atoms with Gasteiger partial charge in [-0.15, -0.1) is 0 Å². The summed E-state index contributed by atoms with van der Waals surface area (Å²) in [4.78, 5) is 57.1. The Morgan fingerprint density at radius 3 is 1.78 bits per heavy atom. The van der Waals surface area contributed by atoms with Gasteiger partial charge in [-0.1, -0.05) is 0 Å². The SMILES string of the molecule is CC(=O)CCCC(=O)CC(P(=O)(O)O)P(=O)(O)O. The van der Waals surface area contributed by atoms with E-state index in [1.54, 1.807) is 0 Å². The van der Waals surface area contributed by atoms with Crippen LogP contribution < -0.4 is 0 Å². The van der Waals surface area contributed by atoms with Crippen LogP contribution in [0.15, 0.2) is 0 Å². The second kappa shape index (κ2) is 6.70. The van der Waals surface area contributed by atoms with Crippen molar-refractivity contribution < 1.29 is 38.3 Å². The van der Waals surface area contributed by atoms with Gasteiger partial charge >= 0.3 is 15.2 Å². The summed E-state index contributed by atoms with van der Waals surface area (Å²) in [5, 5.41) is -2.30. The fourth-order valence-electron chi connectivity index (χ4n) is 1.27. The Morgan fingerprint density at radius 1 is 1.00 bits per heavy atom. The van der Waals surface area contributed by atoms with Crippen molar-refractivity contribution in [1.29, 1.82) is 0 Å². The summed E-state index contributed by atoms with van der Waals surface area (Å²) in [7, 11) is -10.1. The molecule has 0 fully saturated rings. The first-order valence-electron chi connectivity index (χ1n) is 5.06. The molecule has 0 aromatic carbocycles. The normalized spacial score (nSPS) is 12.8. The van der Waals surface area contributed by atoms with Gasteiger partial charge in [0.15, 0.2) is 5.40 Å². The fourth-order valence-corrected chi connectivity index (χ4v) is 3.72. The van der Waals surface area contributed by atoms with Gasteiger partial charge < -0.3 is 24.4 Å². The summed E-state index contributed by atoms with van der Waals surface area (Å²) < 4.78 is 21.8. The van der Waals surface area contributed by atoms with E-state index in [-0.39, 0.29) is 25.0 Å². The van der Waals surface area contributed by atoms with Crippen LogP contribution in [-0.4, -0.2) is 36.5 Å². The molecule has 0 rings (SSSR count). The second-order valence-electron chi connectivity index (χ2n) is 3.96. The first-order valence-corrected chi connectivity index (χ1v) is 8.42. The van der Waals surface area contributed by atoms with Crippen LogP contribution in [0.25, 0.3) is 0 Å². The van der Waals surface area contributed by atoms with Gasteiger partial charge in [-0.2, -0.15) is 0 Å². The standard InChI is InChI=1S/C8H16O8P2/c1-6(9)3-2-4-7(10)5-8(17(11,12)13)18(14,15)16/h8H,2-5H2,1H3,(H2,11,12,13)(H2,14,15,16). The molecule has 0 aliphatic rings. The summed E-state index contributed by atoms with van der Waals surface area (Å²) in [5.74, 6) is -0.822. The molecule has 0 bridgehead atoms. The Labute approximate surface area is 104 Å². The third-order valence-corrected chi connectivity index (χ3v) is 5.89. The molecule has 0 aromatic heterocycles. The number of hydrogen-bond acceptors (Lipinski definition) is 4. The van der Waals surface area contributed by atoms with Gasteiger partial charge in [-0.05, 0) is 13.3 Å². The zero-order chi connectivity index (χ0) is 14.6. The van der Waals surface area contributed by atoms with Crippen LogP contribution in [-0.2, 0) is 18.7 Å². The average Bonchev–Trinajstić information content (AvgIpc) is 2.09. The molecule has 0 amide bonds. The molecular formula is C8H16O8P2. The van der Waals surface area contributed by atoms with Crippen molar-refractivity contribution in [1.82, 2.24) is 0 Å². The summed E-state index contributed by atoms with van der Waals surface area (Å²) in [6.07, 6.45) is -0.700. The van der Waals surface area contributed by atoms with E-state index in [0.717, 1.165) is 0 Å². The molecule has 0 aliphatic heterocycles. The molecule has 0 heterocycles. The van der Waals surface area contributed by atoms with Crippen molar-refractivity contribution in [3.8, 4) is 0 Å². The number of rotatable bonds is 8. The van der Waals surface area contributed by atoms with Crippen molar-refractivity contribution in [2.45, 2.75) is 38.0 Å². The summed E-state index contributed by atoms with van der Waals surface area (Å²) in [6.45, 7) is 1.33. The van der Waals surface area contributed by atoms with Crippen LogP contribution in [0.2, 0.25) is 0 Å². The van der Waals surface area contributed by atoms with E-state index in [1.807, 2.05) is 0 Å². The lowest BCUT2D eigenvalue weighted by Gasteiger charge is -2.18. The monoisotopic (exact) mass is 302 g/mol. The lowest BCUT2D eigenvalue weighted by molar-refractivity contribution is -0.119. The minimum atomic E-state index is -5.05. The number of hydrogen-bond donors (Lipinski definition) is 4. The van der Waals surface area contributed by atoms with E-state index in [9.17, 15) is 18.7 Å². The van der Waals surface area contributed by atoms with Crippen LogP contribution in [0.5, 0.6) is 0 Å². The molecule has 0 unspecified atom stereocenters. The number of carbonyl (C=O) groups excluding carboxylic acids is 2. The van der Waals surface area contributed by atoms with Crippen LogP contribution in [0.3, 0.4) is 0 Å². The summed E-state index contributed by atoms with van der Waals surface area (Å²) in [5.41, 5.74) is 0.